The number of hydrogen-bond donors (Lipinski definition) is 1. The molecule has 2 aliphatic carbocycles. The molecule has 2 aliphatic rings. The van der Waals surface area contributed by atoms with Crippen molar-refractivity contribution in [2.24, 2.45) is 11.8 Å². The van der Waals surface area contributed by atoms with Gasteiger partial charge in [0.15, 0.2) is 0 Å². The van der Waals surface area contributed by atoms with Crippen molar-refractivity contribution in [3.05, 3.63) is 0 Å². The molecule has 3 nitrogen and oxygen atoms in total. The van der Waals surface area contributed by atoms with Crippen LogP contribution < -0.4 is 5.32 Å². The topological polar surface area (TPSA) is 46.2 Å². The van der Waals surface area contributed by atoms with Crippen LogP contribution in [0.25, 0.3) is 0 Å². The smallest absolute Gasteiger partial charge is 0.150 e. The van der Waals surface area contributed by atoms with Gasteiger partial charge in [-0.3, -0.25) is 0 Å². The number of sulfone groups is 1. The van der Waals surface area contributed by atoms with Gasteiger partial charge >= 0.3 is 0 Å². The maximum Gasteiger partial charge on any atom is 0.150 e. The first-order valence-electron chi connectivity index (χ1n) is 6.94. The predicted molar refractivity (Wildman–Crippen MR) is 70.8 cm³/mol. The Morgan fingerprint density at radius 1 is 1.18 bits per heavy atom. The highest BCUT2D eigenvalue weighted by Gasteiger charge is 2.39. The highest BCUT2D eigenvalue weighted by Crippen LogP contribution is 2.41. The van der Waals surface area contributed by atoms with Crippen LogP contribution in [0.15, 0.2) is 0 Å². The van der Waals surface area contributed by atoms with Crippen LogP contribution in [0.2, 0.25) is 0 Å². The Balaban J connectivity index is 1.99. The Kier molecular flexibility index (Phi) is 4.14. The van der Waals surface area contributed by atoms with E-state index < -0.39 is 9.84 Å². The van der Waals surface area contributed by atoms with E-state index in [1.807, 2.05) is 0 Å². The molecule has 1 N–H and O–H groups in total. The van der Waals surface area contributed by atoms with Crippen molar-refractivity contribution in [2.45, 2.75) is 56.7 Å². The fraction of sp³-hybridized carbons (Fsp3) is 1.00. The molecule has 3 unspecified atom stereocenters. The third-order valence-electron chi connectivity index (χ3n) is 4.35. The van der Waals surface area contributed by atoms with Gasteiger partial charge in [0, 0.05) is 12.3 Å². The van der Waals surface area contributed by atoms with Crippen molar-refractivity contribution in [2.75, 3.05) is 12.8 Å². The average Bonchev–Trinajstić information content (AvgIpc) is 3.09. The van der Waals surface area contributed by atoms with E-state index in [9.17, 15) is 8.42 Å². The van der Waals surface area contributed by atoms with E-state index in [-0.39, 0.29) is 5.25 Å². The molecule has 100 valence electrons. The minimum Gasteiger partial charge on any atom is -0.314 e. The molecule has 0 aliphatic heterocycles. The van der Waals surface area contributed by atoms with E-state index in [4.69, 9.17) is 0 Å². The Bertz CT molecular complexity index is 348. The molecule has 0 bridgehead atoms. The fourth-order valence-electron chi connectivity index (χ4n) is 3.31. The fourth-order valence-corrected chi connectivity index (χ4v) is 4.50. The van der Waals surface area contributed by atoms with E-state index in [0.717, 1.165) is 31.7 Å². The quantitative estimate of drug-likeness (QED) is 0.821. The zero-order valence-corrected chi connectivity index (χ0v) is 11.8. The largest absolute Gasteiger partial charge is 0.314 e. The Morgan fingerprint density at radius 2 is 1.88 bits per heavy atom. The van der Waals surface area contributed by atoms with Crippen LogP contribution in [-0.4, -0.2) is 32.5 Å². The van der Waals surface area contributed by atoms with Gasteiger partial charge < -0.3 is 5.32 Å². The van der Waals surface area contributed by atoms with Gasteiger partial charge in [-0.2, -0.15) is 0 Å². The van der Waals surface area contributed by atoms with Gasteiger partial charge in [-0.15, -0.1) is 0 Å². The molecule has 0 aromatic carbocycles. The third kappa shape index (κ3) is 3.44. The average molecular weight is 259 g/mol. The molecule has 17 heavy (non-hydrogen) atoms. The molecule has 3 atom stereocenters. The van der Waals surface area contributed by atoms with Crippen LogP contribution >= 0.6 is 0 Å². The lowest BCUT2D eigenvalue weighted by Crippen LogP contribution is -2.42. The molecular weight excluding hydrogens is 234 g/mol. The summed E-state index contributed by atoms with van der Waals surface area (Å²) in [6.45, 7) is 3.15. The number of rotatable bonds is 5. The molecule has 0 aromatic heterocycles. The van der Waals surface area contributed by atoms with Crippen molar-refractivity contribution in [1.29, 1.82) is 0 Å². The van der Waals surface area contributed by atoms with Crippen LogP contribution in [0, 0.1) is 11.8 Å². The minimum atomic E-state index is -2.84. The number of hydrogen-bond acceptors (Lipinski definition) is 3. The Hall–Kier alpha value is -0.0900. The van der Waals surface area contributed by atoms with E-state index in [2.05, 4.69) is 12.2 Å². The molecule has 0 saturated heterocycles. The molecule has 0 heterocycles. The molecular formula is C13H25NO2S. The van der Waals surface area contributed by atoms with E-state index in [1.54, 1.807) is 0 Å². The van der Waals surface area contributed by atoms with Crippen molar-refractivity contribution >= 4 is 9.84 Å². The standard InChI is InChI=1S/C13H25NO2S/c1-3-14-13(10-7-8-10)11-5-4-6-12(9-11)17(2,15)16/h10-14H,3-9H2,1-2H3. The maximum absolute atomic E-state index is 11.7. The molecule has 0 amide bonds. The maximum atomic E-state index is 11.7. The summed E-state index contributed by atoms with van der Waals surface area (Å²) in [5, 5.41) is 3.51. The van der Waals surface area contributed by atoms with Crippen LogP contribution in [-0.2, 0) is 9.84 Å². The normalized spacial score (nSPS) is 32.4. The lowest BCUT2D eigenvalue weighted by molar-refractivity contribution is 0.252. The summed E-state index contributed by atoms with van der Waals surface area (Å²) in [5.41, 5.74) is 0. The molecule has 4 heteroatoms. The van der Waals surface area contributed by atoms with Crippen molar-refractivity contribution < 1.29 is 8.42 Å². The van der Waals surface area contributed by atoms with Crippen molar-refractivity contribution in [1.82, 2.24) is 5.32 Å². The SMILES string of the molecule is CCNC(C1CC1)C1CCCC(S(C)(=O)=O)C1. The van der Waals surface area contributed by atoms with Gasteiger partial charge in [0.1, 0.15) is 9.84 Å². The predicted octanol–water partition coefficient (Wildman–Crippen LogP) is 1.98. The van der Waals surface area contributed by atoms with Crippen LogP contribution in [0.1, 0.15) is 45.4 Å². The van der Waals surface area contributed by atoms with Crippen LogP contribution in [0.4, 0.5) is 0 Å². The lowest BCUT2D eigenvalue weighted by atomic mass is 9.81. The molecule has 0 aromatic rings. The van der Waals surface area contributed by atoms with Gasteiger partial charge in [0.2, 0.25) is 0 Å². The minimum absolute atomic E-state index is 0.0823. The zero-order chi connectivity index (χ0) is 12.5. The Morgan fingerprint density at radius 3 is 2.41 bits per heavy atom. The summed E-state index contributed by atoms with van der Waals surface area (Å²) in [6, 6.07) is 0.574. The molecule has 2 fully saturated rings. The second-order valence-corrected chi connectivity index (χ2v) is 8.12. The first-order chi connectivity index (χ1) is 8.02. The van der Waals surface area contributed by atoms with Crippen molar-refractivity contribution in [3.63, 3.8) is 0 Å². The first kappa shape index (κ1) is 13.3. The van der Waals surface area contributed by atoms with Gasteiger partial charge in [-0.05, 0) is 50.5 Å². The van der Waals surface area contributed by atoms with Gasteiger partial charge in [-0.25, -0.2) is 8.42 Å². The third-order valence-corrected chi connectivity index (χ3v) is 5.99. The Labute approximate surface area is 105 Å². The molecule has 2 saturated carbocycles. The first-order valence-corrected chi connectivity index (χ1v) is 8.90. The summed E-state index contributed by atoms with van der Waals surface area (Å²) < 4.78 is 23.4. The van der Waals surface area contributed by atoms with Crippen LogP contribution in [0.5, 0.6) is 0 Å². The van der Waals surface area contributed by atoms with Gasteiger partial charge in [0.25, 0.3) is 0 Å². The summed E-state index contributed by atoms with van der Waals surface area (Å²) in [7, 11) is -2.84. The van der Waals surface area contributed by atoms with Gasteiger partial charge in [0.05, 0.1) is 5.25 Å². The summed E-state index contributed by atoms with van der Waals surface area (Å²) in [5.74, 6) is 1.40. The summed E-state index contributed by atoms with van der Waals surface area (Å²) in [6.07, 6.45) is 8.11. The van der Waals surface area contributed by atoms with E-state index in [0.29, 0.717) is 12.0 Å². The highest BCUT2D eigenvalue weighted by molar-refractivity contribution is 7.91. The van der Waals surface area contributed by atoms with Crippen LogP contribution in [0.3, 0.4) is 0 Å². The van der Waals surface area contributed by atoms with Gasteiger partial charge in [-0.1, -0.05) is 13.3 Å². The highest BCUT2D eigenvalue weighted by atomic mass is 32.2. The molecule has 0 radical (unpaired) electrons. The van der Waals surface area contributed by atoms with Crippen molar-refractivity contribution in [3.8, 4) is 0 Å². The second kappa shape index (κ2) is 5.27. The monoisotopic (exact) mass is 259 g/mol. The zero-order valence-electron chi connectivity index (χ0n) is 11.0. The summed E-state index contributed by atoms with van der Waals surface area (Å²) >= 11 is 0. The van der Waals surface area contributed by atoms with E-state index in [1.165, 1.54) is 25.5 Å². The summed E-state index contributed by atoms with van der Waals surface area (Å²) in [4.78, 5) is 0. The van der Waals surface area contributed by atoms with E-state index >= 15 is 0 Å². The number of nitrogens with one attached hydrogen (secondary N) is 1. The molecule has 2 rings (SSSR count). The lowest BCUT2D eigenvalue weighted by Gasteiger charge is -2.34. The molecule has 0 spiro atoms. The second-order valence-electron chi connectivity index (χ2n) is 5.80.